The summed E-state index contributed by atoms with van der Waals surface area (Å²) in [6.45, 7) is 3.77. The van der Waals surface area contributed by atoms with Crippen LogP contribution in [0, 0.1) is 11.7 Å². The second-order valence-electron chi connectivity index (χ2n) is 7.92. The number of hydrogen-bond acceptors (Lipinski definition) is 4. The van der Waals surface area contributed by atoms with Gasteiger partial charge in [-0.1, -0.05) is 12.1 Å². The lowest BCUT2D eigenvalue weighted by molar-refractivity contribution is -0.00924. The van der Waals surface area contributed by atoms with Crippen LogP contribution in [0.5, 0.6) is 5.75 Å². The Hall–Kier alpha value is -1.98. The molecule has 2 bridgehead atoms. The van der Waals surface area contributed by atoms with E-state index in [1.165, 1.54) is 24.5 Å². The highest BCUT2D eigenvalue weighted by Crippen LogP contribution is 2.47. The summed E-state index contributed by atoms with van der Waals surface area (Å²) in [5.41, 5.74) is 1.73. The van der Waals surface area contributed by atoms with Crippen molar-refractivity contribution in [2.45, 2.75) is 37.4 Å². The first-order chi connectivity index (χ1) is 12.7. The summed E-state index contributed by atoms with van der Waals surface area (Å²) in [4.78, 5) is 9.35. The quantitative estimate of drug-likeness (QED) is 0.921. The number of nitrogens with zero attached hydrogens (tertiary/aromatic N) is 3. The Labute approximate surface area is 153 Å². The van der Waals surface area contributed by atoms with Crippen LogP contribution >= 0.6 is 0 Å². The maximum absolute atomic E-state index is 14.2. The normalized spacial score (nSPS) is 33.3. The third-order valence-corrected chi connectivity index (χ3v) is 6.58. The topological polar surface area (TPSA) is 39.6 Å². The fourth-order valence-corrected chi connectivity index (χ4v) is 5.50. The van der Waals surface area contributed by atoms with Gasteiger partial charge in [0.2, 0.25) is 0 Å². The zero-order valence-corrected chi connectivity index (χ0v) is 14.8. The van der Waals surface area contributed by atoms with Crippen LogP contribution in [-0.4, -0.2) is 51.6 Å². The van der Waals surface area contributed by atoms with Gasteiger partial charge in [0.25, 0.3) is 0 Å². The molecule has 26 heavy (non-hydrogen) atoms. The van der Waals surface area contributed by atoms with Gasteiger partial charge in [0, 0.05) is 37.3 Å². The minimum Gasteiger partial charge on any atom is -0.508 e. The zero-order chi connectivity index (χ0) is 17.7. The molecule has 0 amide bonds. The molecule has 1 N–H and O–H groups in total. The van der Waals surface area contributed by atoms with E-state index in [-0.39, 0.29) is 5.82 Å². The fourth-order valence-electron chi connectivity index (χ4n) is 5.50. The van der Waals surface area contributed by atoms with E-state index in [1.807, 2.05) is 12.1 Å². The molecule has 0 aliphatic carbocycles. The number of pyridine rings is 1. The van der Waals surface area contributed by atoms with Crippen molar-refractivity contribution in [3.05, 3.63) is 59.7 Å². The Bertz CT molecular complexity index is 805. The number of fused-ring (bicyclic) bond motifs is 2. The largest absolute Gasteiger partial charge is 0.508 e. The molecule has 4 aliphatic rings. The SMILES string of the molecule is Oc1cccc([C@@H]2CN(Cc3ncccc3F)[C@@H]3C4CCN(CC4)[C@@H]32)c1. The van der Waals surface area contributed by atoms with Gasteiger partial charge in [0.15, 0.2) is 0 Å². The van der Waals surface area contributed by atoms with Crippen LogP contribution < -0.4 is 0 Å². The molecule has 0 radical (unpaired) electrons. The van der Waals surface area contributed by atoms with E-state index >= 15 is 0 Å². The van der Waals surface area contributed by atoms with E-state index in [0.717, 1.165) is 19.6 Å². The lowest BCUT2D eigenvalue weighted by Crippen LogP contribution is -2.60. The van der Waals surface area contributed by atoms with Crippen molar-refractivity contribution in [3.8, 4) is 5.75 Å². The molecule has 5 heterocycles. The fraction of sp³-hybridized carbons (Fsp3) is 0.476. The number of aromatic nitrogens is 1. The van der Waals surface area contributed by atoms with Gasteiger partial charge in [0.1, 0.15) is 11.6 Å². The summed E-state index contributed by atoms with van der Waals surface area (Å²) < 4.78 is 14.2. The van der Waals surface area contributed by atoms with Crippen LogP contribution in [0.4, 0.5) is 4.39 Å². The average molecular weight is 353 g/mol. The van der Waals surface area contributed by atoms with Crippen LogP contribution in [0.1, 0.15) is 30.0 Å². The Morgan fingerprint density at radius 2 is 1.96 bits per heavy atom. The Morgan fingerprint density at radius 3 is 2.73 bits per heavy atom. The Kier molecular flexibility index (Phi) is 3.94. The van der Waals surface area contributed by atoms with E-state index < -0.39 is 0 Å². The summed E-state index contributed by atoms with van der Waals surface area (Å²) in [7, 11) is 0. The van der Waals surface area contributed by atoms with Crippen molar-refractivity contribution in [1.29, 1.82) is 0 Å². The number of phenols is 1. The molecule has 0 spiro atoms. The van der Waals surface area contributed by atoms with E-state index in [0.29, 0.717) is 41.9 Å². The lowest BCUT2D eigenvalue weighted by Gasteiger charge is -2.51. The van der Waals surface area contributed by atoms with Crippen molar-refractivity contribution in [2.24, 2.45) is 5.92 Å². The second-order valence-corrected chi connectivity index (χ2v) is 7.92. The first kappa shape index (κ1) is 16.2. The number of likely N-dealkylation sites (tertiary alicyclic amines) is 1. The van der Waals surface area contributed by atoms with Crippen molar-refractivity contribution in [1.82, 2.24) is 14.8 Å². The molecule has 2 aromatic rings. The minimum absolute atomic E-state index is 0.217. The van der Waals surface area contributed by atoms with Gasteiger partial charge in [-0.3, -0.25) is 14.8 Å². The van der Waals surface area contributed by atoms with E-state index in [1.54, 1.807) is 18.3 Å². The highest BCUT2D eigenvalue weighted by molar-refractivity contribution is 5.33. The van der Waals surface area contributed by atoms with Crippen molar-refractivity contribution in [3.63, 3.8) is 0 Å². The molecule has 1 aromatic heterocycles. The van der Waals surface area contributed by atoms with Gasteiger partial charge in [-0.2, -0.15) is 0 Å². The summed E-state index contributed by atoms with van der Waals surface area (Å²) in [6.07, 6.45) is 4.14. The maximum Gasteiger partial charge on any atom is 0.146 e. The molecule has 4 nitrogen and oxygen atoms in total. The lowest BCUT2D eigenvalue weighted by atomic mass is 9.75. The number of hydrogen-bond donors (Lipinski definition) is 1. The van der Waals surface area contributed by atoms with Gasteiger partial charge in [-0.15, -0.1) is 0 Å². The Balaban J connectivity index is 1.49. The predicted molar refractivity (Wildman–Crippen MR) is 97.3 cm³/mol. The van der Waals surface area contributed by atoms with Crippen LogP contribution in [0.15, 0.2) is 42.6 Å². The van der Waals surface area contributed by atoms with Gasteiger partial charge < -0.3 is 5.11 Å². The first-order valence-corrected chi connectivity index (χ1v) is 9.57. The van der Waals surface area contributed by atoms with Crippen LogP contribution in [0.2, 0.25) is 0 Å². The van der Waals surface area contributed by atoms with Crippen LogP contribution in [0.25, 0.3) is 0 Å². The number of rotatable bonds is 3. The van der Waals surface area contributed by atoms with Gasteiger partial charge in [-0.05, 0) is 61.7 Å². The van der Waals surface area contributed by atoms with Gasteiger partial charge in [0.05, 0.1) is 5.69 Å². The molecular formula is C21H24FN3O. The average Bonchev–Trinajstić information content (AvgIpc) is 3.06. The number of aromatic hydroxyl groups is 1. The molecule has 6 rings (SSSR count). The summed E-state index contributed by atoms with van der Waals surface area (Å²) >= 11 is 0. The van der Waals surface area contributed by atoms with Crippen LogP contribution in [-0.2, 0) is 6.54 Å². The number of benzene rings is 1. The highest BCUT2D eigenvalue weighted by atomic mass is 19.1. The van der Waals surface area contributed by atoms with E-state index in [4.69, 9.17) is 0 Å². The first-order valence-electron chi connectivity index (χ1n) is 9.57. The molecule has 1 aromatic carbocycles. The zero-order valence-electron chi connectivity index (χ0n) is 14.8. The molecule has 5 heteroatoms. The van der Waals surface area contributed by atoms with Gasteiger partial charge in [-0.25, -0.2) is 4.39 Å². The van der Waals surface area contributed by atoms with Gasteiger partial charge >= 0.3 is 0 Å². The molecule has 4 aliphatic heterocycles. The third-order valence-electron chi connectivity index (χ3n) is 6.58. The molecule has 3 atom stereocenters. The predicted octanol–water partition coefficient (Wildman–Crippen LogP) is 2.99. The smallest absolute Gasteiger partial charge is 0.146 e. The van der Waals surface area contributed by atoms with Crippen molar-refractivity contribution >= 4 is 0 Å². The summed E-state index contributed by atoms with van der Waals surface area (Å²) in [5, 5.41) is 9.95. The third kappa shape index (κ3) is 2.61. The number of piperidine rings is 3. The molecule has 0 unspecified atom stereocenters. The number of phenolic OH excluding ortho intramolecular Hbond substituents is 1. The van der Waals surface area contributed by atoms with Crippen LogP contribution in [0.3, 0.4) is 0 Å². The summed E-state index contributed by atoms with van der Waals surface area (Å²) in [5.74, 6) is 1.14. The number of halogens is 1. The van der Waals surface area contributed by atoms with E-state index in [9.17, 15) is 9.50 Å². The monoisotopic (exact) mass is 353 g/mol. The van der Waals surface area contributed by atoms with Crippen molar-refractivity contribution < 1.29 is 9.50 Å². The molecule has 4 saturated heterocycles. The molecular weight excluding hydrogens is 329 g/mol. The van der Waals surface area contributed by atoms with Crippen molar-refractivity contribution in [2.75, 3.05) is 19.6 Å². The van der Waals surface area contributed by atoms with E-state index in [2.05, 4.69) is 20.9 Å². The second kappa shape index (κ2) is 6.32. The summed E-state index contributed by atoms with van der Waals surface area (Å²) in [6, 6.07) is 11.7. The standard InChI is InChI=1S/C21H24FN3O/c22-18-5-2-8-23-19(18)13-25-12-17(15-3-1-4-16(26)11-15)21-20(25)14-6-9-24(21)10-7-14/h1-5,8,11,14,17,20-21,26H,6-7,9-10,12-13H2/t17-,20+,21+/m0/s1. The maximum atomic E-state index is 14.2. The molecule has 4 fully saturated rings. The highest BCUT2D eigenvalue weighted by Gasteiger charge is 2.53. The minimum atomic E-state index is -0.217. The Morgan fingerprint density at radius 1 is 1.12 bits per heavy atom. The molecule has 0 saturated carbocycles. The molecule has 136 valence electrons.